The van der Waals surface area contributed by atoms with Crippen LogP contribution < -0.4 is 9.47 Å². The molecule has 3 heteroatoms. The van der Waals surface area contributed by atoms with Gasteiger partial charge >= 0.3 is 5.97 Å². The molecule has 0 aliphatic rings. The second-order valence-corrected chi connectivity index (χ2v) is 6.80. The lowest BCUT2D eigenvalue weighted by molar-refractivity contribution is 0.0734. The van der Waals surface area contributed by atoms with E-state index >= 15 is 0 Å². The fourth-order valence-electron chi connectivity index (χ4n) is 3.05. The molecule has 0 saturated carbocycles. The van der Waals surface area contributed by atoms with E-state index in [4.69, 9.17) is 9.47 Å². The van der Waals surface area contributed by atoms with E-state index in [-0.39, 0.29) is 5.97 Å². The van der Waals surface area contributed by atoms with E-state index in [1.165, 1.54) is 24.8 Å². The van der Waals surface area contributed by atoms with Gasteiger partial charge in [-0.05, 0) is 65.9 Å². The summed E-state index contributed by atoms with van der Waals surface area (Å²) in [5.41, 5.74) is 3.91. The van der Waals surface area contributed by atoms with E-state index in [1.807, 2.05) is 60.7 Å². The van der Waals surface area contributed by atoms with Crippen molar-refractivity contribution in [3.05, 3.63) is 83.9 Å². The van der Waals surface area contributed by atoms with Crippen LogP contribution in [0.5, 0.6) is 11.5 Å². The van der Waals surface area contributed by atoms with Crippen molar-refractivity contribution in [2.75, 3.05) is 7.11 Å². The largest absolute Gasteiger partial charge is 0.497 e. The Kier molecular flexibility index (Phi) is 6.85. The van der Waals surface area contributed by atoms with E-state index in [9.17, 15) is 4.79 Å². The molecule has 0 saturated heterocycles. The Bertz CT molecular complexity index is 879. The molecule has 0 aliphatic carbocycles. The van der Waals surface area contributed by atoms with Gasteiger partial charge in [0.25, 0.3) is 0 Å². The van der Waals surface area contributed by atoms with Gasteiger partial charge in [-0.15, -0.1) is 0 Å². The fourth-order valence-corrected chi connectivity index (χ4v) is 3.05. The normalized spacial score (nSPS) is 10.5. The molecule has 0 atom stereocenters. The topological polar surface area (TPSA) is 35.5 Å². The van der Waals surface area contributed by atoms with Crippen molar-refractivity contribution in [2.24, 2.45) is 0 Å². The first kappa shape index (κ1) is 19.7. The zero-order chi connectivity index (χ0) is 19.8. The maximum atomic E-state index is 12.4. The number of hydrogen-bond donors (Lipinski definition) is 0. The minimum absolute atomic E-state index is 0.347. The summed E-state index contributed by atoms with van der Waals surface area (Å²) >= 11 is 0. The summed E-state index contributed by atoms with van der Waals surface area (Å²) in [4.78, 5) is 12.4. The summed E-state index contributed by atoms with van der Waals surface area (Å²) in [5, 5.41) is 0. The molecule has 0 amide bonds. The van der Waals surface area contributed by atoms with Crippen LogP contribution in [-0.4, -0.2) is 13.1 Å². The van der Waals surface area contributed by atoms with Gasteiger partial charge in [0.2, 0.25) is 0 Å². The van der Waals surface area contributed by atoms with Crippen LogP contribution in [0.1, 0.15) is 42.1 Å². The number of carbonyl (C=O) groups excluding carboxylic acids is 1. The summed E-state index contributed by atoms with van der Waals surface area (Å²) in [6.07, 6.45) is 4.71. The molecule has 0 fully saturated rings. The number of ether oxygens (including phenoxy) is 2. The van der Waals surface area contributed by atoms with Gasteiger partial charge < -0.3 is 9.47 Å². The zero-order valence-electron chi connectivity index (χ0n) is 16.5. The second kappa shape index (κ2) is 9.75. The van der Waals surface area contributed by atoms with Gasteiger partial charge in [0.1, 0.15) is 11.5 Å². The van der Waals surface area contributed by atoms with E-state index in [0.29, 0.717) is 11.3 Å². The Hall–Kier alpha value is -3.07. The van der Waals surface area contributed by atoms with Crippen molar-refractivity contribution in [3.8, 4) is 22.6 Å². The molecule has 3 aromatic carbocycles. The first-order chi connectivity index (χ1) is 13.7. The van der Waals surface area contributed by atoms with Crippen molar-refractivity contribution in [2.45, 2.75) is 32.6 Å². The molecule has 28 heavy (non-hydrogen) atoms. The molecule has 3 aromatic rings. The van der Waals surface area contributed by atoms with Crippen LogP contribution in [0, 0.1) is 0 Å². The Balaban J connectivity index is 1.61. The van der Waals surface area contributed by atoms with E-state index in [2.05, 4.69) is 6.92 Å². The highest BCUT2D eigenvalue weighted by Gasteiger charge is 2.09. The molecule has 3 rings (SSSR count). The Labute approximate surface area is 166 Å². The Morgan fingerprint density at radius 2 is 1.32 bits per heavy atom. The molecule has 0 spiro atoms. The quantitative estimate of drug-likeness (QED) is 0.263. The van der Waals surface area contributed by atoms with Gasteiger partial charge in [0.05, 0.1) is 12.7 Å². The molecule has 0 N–H and O–H groups in total. The predicted molar refractivity (Wildman–Crippen MR) is 113 cm³/mol. The average Bonchev–Trinajstić information content (AvgIpc) is 2.75. The lowest BCUT2D eigenvalue weighted by Crippen LogP contribution is -2.08. The van der Waals surface area contributed by atoms with Gasteiger partial charge in [-0.25, -0.2) is 4.79 Å². The summed E-state index contributed by atoms with van der Waals surface area (Å²) < 4.78 is 10.7. The van der Waals surface area contributed by atoms with Gasteiger partial charge in [-0.1, -0.05) is 56.2 Å². The van der Waals surface area contributed by atoms with E-state index in [0.717, 1.165) is 23.3 Å². The number of hydrogen-bond acceptors (Lipinski definition) is 3. The number of carbonyl (C=O) groups is 1. The zero-order valence-corrected chi connectivity index (χ0v) is 16.5. The molecule has 0 aromatic heterocycles. The van der Waals surface area contributed by atoms with E-state index in [1.54, 1.807) is 19.2 Å². The summed E-state index contributed by atoms with van der Waals surface area (Å²) in [7, 11) is 1.65. The Morgan fingerprint density at radius 1 is 0.750 bits per heavy atom. The SMILES string of the molecule is CCCCCc1ccc(OC(=O)c2ccc(-c3ccc(OC)cc3)cc2)cc1. The molecular weight excluding hydrogens is 348 g/mol. The molecule has 0 aliphatic heterocycles. The number of methoxy groups -OCH3 is 1. The number of esters is 1. The molecule has 0 bridgehead atoms. The van der Waals surface area contributed by atoms with Crippen molar-refractivity contribution in [3.63, 3.8) is 0 Å². The number of aryl methyl sites for hydroxylation is 1. The second-order valence-electron chi connectivity index (χ2n) is 6.80. The maximum absolute atomic E-state index is 12.4. The van der Waals surface area contributed by atoms with Crippen LogP contribution >= 0.6 is 0 Å². The van der Waals surface area contributed by atoms with Crippen molar-refractivity contribution in [1.82, 2.24) is 0 Å². The van der Waals surface area contributed by atoms with Crippen LogP contribution in [0.3, 0.4) is 0 Å². The summed E-state index contributed by atoms with van der Waals surface area (Å²) in [6.45, 7) is 2.20. The first-order valence-electron chi connectivity index (χ1n) is 9.75. The molecule has 0 unspecified atom stereocenters. The first-order valence-corrected chi connectivity index (χ1v) is 9.75. The molecule has 0 heterocycles. The monoisotopic (exact) mass is 374 g/mol. The van der Waals surface area contributed by atoms with Gasteiger partial charge in [-0.3, -0.25) is 0 Å². The third kappa shape index (κ3) is 5.23. The Morgan fingerprint density at radius 3 is 1.89 bits per heavy atom. The number of unbranched alkanes of at least 4 members (excludes halogenated alkanes) is 2. The maximum Gasteiger partial charge on any atom is 0.343 e. The molecule has 3 nitrogen and oxygen atoms in total. The van der Waals surface area contributed by atoms with E-state index < -0.39 is 0 Å². The minimum Gasteiger partial charge on any atom is -0.497 e. The predicted octanol–water partition coefficient (Wildman–Crippen LogP) is 6.31. The van der Waals surface area contributed by atoms with Crippen molar-refractivity contribution in [1.29, 1.82) is 0 Å². The summed E-state index contributed by atoms with van der Waals surface area (Å²) in [6, 6.07) is 23.1. The van der Waals surface area contributed by atoms with Crippen LogP contribution in [0.15, 0.2) is 72.8 Å². The highest BCUT2D eigenvalue weighted by molar-refractivity contribution is 5.91. The van der Waals surface area contributed by atoms with Gasteiger partial charge in [0, 0.05) is 0 Å². The third-order valence-corrected chi connectivity index (χ3v) is 4.75. The van der Waals surface area contributed by atoms with Crippen LogP contribution in [-0.2, 0) is 6.42 Å². The number of rotatable bonds is 8. The van der Waals surface area contributed by atoms with Crippen molar-refractivity contribution >= 4 is 5.97 Å². The van der Waals surface area contributed by atoms with Gasteiger partial charge in [-0.2, -0.15) is 0 Å². The standard InChI is InChI=1S/C25H26O3/c1-3-4-5-6-19-7-15-24(16-8-19)28-25(26)22-11-9-20(10-12-22)21-13-17-23(27-2)18-14-21/h7-18H,3-6H2,1-2H3. The highest BCUT2D eigenvalue weighted by Crippen LogP contribution is 2.23. The minimum atomic E-state index is -0.347. The number of benzene rings is 3. The lowest BCUT2D eigenvalue weighted by atomic mass is 10.0. The van der Waals surface area contributed by atoms with Crippen molar-refractivity contribution < 1.29 is 14.3 Å². The van der Waals surface area contributed by atoms with Gasteiger partial charge in [0.15, 0.2) is 0 Å². The molecule has 0 radical (unpaired) electrons. The van der Waals surface area contributed by atoms with Crippen LogP contribution in [0.2, 0.25) is 0 Å². The molecule has 144 valence electrons. The fraction of sp³-hybridized carbons (Fsp3) is 0.240. The molecular formula is C25H26O3. The summed E-state index contributed by atoms with van der Waals surface area (Å²) in [5.74, 6) is 1.05. The highest BCUT2D eigenvalue weighted by atomic mass is 16.5. The third-order valence-electron chi connectivity index (χ3n) is 4.75. The average molecular weight is 374 g/mol. The lowest BCUT2D eigenvalue weighted by Gasteiger charge is -2.07. The van der Waals surface area contributed by atoms with Crippen LogP contribution in [0.25, 0.3) is 11.1 Å². The smallest absolute Gasteiger partial charge is 0.343 e. The van der Waals surface area contributed by atoms with Crippen LogP contribution in [0.4, 0.5) is 0 Å².